The van der Waals surface area contributed by atoms with Crippen LogP contribution in [-0.2, 0) is 10.0 Å². The van der Waals surface area contributed by atoms with Gasteiger partial charge >= 0.3 is 0 Å². The van der Waals surface area contributed by atoms with Crippen LogP contribution in [0.5, 0.6) is 5.75 Å². The molecule has 2 N–H and O–H groups in total. The Morgan fingerprint density at radius 1 is 1.26 bits per heavy atom. The highest BCUT2D eigenvalue weighted by Gasteiger charge is 2.16. The van der Waals surface area contributed by atoms with E-state index >= 15 is 0 Å². The van der Waals surface area contributed by atoms with Crippen molar-refractivity contribution >= 4 is 22.4 Å². The minimum Gasteiger partial charge on any atom is -0.497 e. The first-order valence-corrected chi connectivity index (χ1v) is 7.34. The number of aryl methyl sites for hydroxylation is 1. The molecular formula is C12H21ClN2O3S. The molecule has 1 aromatic carbocycles. The number of ether oxygens (including phenoxy) is 1. The van der Waals surface area contributed by atoms with E-state index < -0.39 is 10.0 Å². The molecule has 0 amide bonds. The first-order valence-electron chi connectivity index (χ1n) is 5.86. The van der Waals surface area contributed by atoms with Crippen LogP contribution in [0.3, 0.4) is 0 Å². The van der Waals surface area contributed by atoms with E-state index in [0.717, 1.165) is 6.54 Å². The molecule has 110 valence electrons. The van der Waals surface area contributed by atoms with Crippen LogP contribution in [0.4, 0.5) is 0 Å². The van der Waals surface area contributed by atoms with Crippen molar-refractivity contribution < 1.29 is 13.2 Å². The maximum Gasteiger partial charge on any atom is 0.240 e. The molecule has 0 spiro atoms. The Hall–Kier alpha value is -0.820. The molecule has 0 saturated heterocycles. The molecule has 0 atom stereocenters. The molecule has 7 heteroatoms. The monoisotopic (exact) mass is 308 g/mol. The topological polar surface area (TPSA) is 67.4 Å². The van der Waals surface area contributed by atoms with Crippen LogP contribution in [0.25, 0.3) is 0 Å². The highest BCUT2D eigenvalue weighted by molar-refractivity contribution is 7.89. The van der Waals surface area contributed by atoms with Gasteiger partial charge in [-0.3, -0.25) is 0 Å². The Morgan fingerprint density at radius 2 is 1.95 bits per heavy atom. The Balaban J connectivity index is 0.00000324. The van der Waals surface area contributed by atoms with Crippen LogP contribution < -0.4 is 14.8 Å². The van der Waals surface area contributed by atoms with Crippen molar-refractivity contribution in [3.05, 3.63) is 23.8 Å². The summed E-state index contributed by atoms with van der Waals surface area (Å²) in [5.41, 5.74) is 0.672. The summed E-state index contributed by atoms with van der Waals surface area (Å²) in [6.45, 7) is 5.54. The number of hydrogen-bond donors (Lipinski definition) is 2. The van der Waals surface area contributed by atoms with Gasteiger partial charge in [-0.05, 0) is 37.2 Å². The molecule has 0 saturated carbocycles. The standard InChI is InChI=1S/C12H20N2O3S.ClH/c1-4-13-7-8-14-18(15,16)12-6-5-11(17-3)9-10(12)2;/h5-6,9,13-14H,4,7-8H2,1-3H3;1H. The second-order valence-electron chi connectivity index (χ2n) is 3.88. The molecule has 1 rings (SSSR count). The van der Waals surface area contributed by atoms with Gasteiger partial charge in [0.1, 0.15) is 5.75 Å². The Bertz CT molecular complexity index is 492. The molecule has 19 heavy (non-hydrogen) atoms. The van der Waals surface area contributed by atoms with Crippen LogP contribution in [0.2, 0.25) is 0 Å². The molecule has 0 aliphatic carbocycles. The molecule has 0 aliphatic heterocycles. The van der Waals surface area contributed by atoms with Gasteiger partial charge in [-0.2, -0.15) is 0 Å². The van der Waals surface area contributed by atoms with Gasteiger partial charge in [0.2, 0.25) is 10.0 Å². The van der Waals surface area contributed by atoms with Gasteiger partial charge in [0.05, 0.1) is 12.0 Å². The molecular weight excluding hydrogens is 288 g/mol. The summed E-state index contributed by atoms with van der Waals surface area (Å²) < 4.78 is 31.7. The number of sulfonamides is 1. The van der Waals surface area contributed by atoms with E-state index in [9.17, 15) is 8.42 Å². The van der Waals surface area contributed by atoms with Crippen LogP contribution in [0.1, 0.15) is 12.5 Å². The lowest BCUT2D eigenvalue weighted by atomic mass is 10.2. The maximum atomic E-state index is 12.0. The Labute approximate surface area is 121 Å². The summed E-state index contributed by atoms with van der Waals surface area (Å²) in [6, 6.07) is 4.91. The van der Waals surface area contributed by atoms with Gasteiger partial charge in [0.15, 0.2) is 0 Å². The van der Waals surface area contributed by atoms with E-state index in [4.69, 9.17) is 4.74 Å². The Morgan fingerprint density at radius 3 is 2.47 bits per heavy atom. The lowest BCUT2D eigenvalue weighted by molar-refractivity contribution is 0.414. The van der Waals surface area contributed by atoms with Gasteiger partial charge in [0.25, 0.3) is 0 Å². The van der Waals surface area contributed by atoms with Crippen molar-refractivity contribution in [3.8, 4) is 5.75 Å². The first-order chi connectivity index (χ1) is 8.51. The maximum absolute atomic E-state index is 12.0. The molecule has 0 fully saturated rings. The van der Waals surface area contributed by atoms with Crippen molar-refractivity contribution in [3.63, 3.8) is 0 Å². The third kappa shape index (κ3) is 5.36. The van der Waals surface area contributed by atoms with Gasteiger partial charge < -0.3 is 10.1 Å². The molecule has 0 radical (unpaired) electrons. The fraction of sp³-hybridized carbons (Fsp3) is 0.500. The predicted molar refractivity (Wildman–Crippen MR) is 78.7 cm³/mol. The van der Waals surface area contributed by atoms with E-state index in [-0.39, 0.29) is 12.4 Å². The zero-order valence-corrected chi connectivity index (χ0v) is 13.0. The van der Waals surface area contributed by atoms with Crippen molar-refractivity contribution in [2.24, 2.45) is 0 Å². The van der Waals surface area contributed by atoms with Gasteiger partial charge in [-0.15, -0.1) is 12.4 Å². The van der Waals surface area contributed by atoms with Crippen LogP contribution in [0, 0.1) is 6.92 Å². The number of nitrogens with one attached hydrogen (secondary N) is 2. The third-order valence-electron chi connectivity index (χ3n) is 2.52. The van der Waals surface area contributed by atoms with Crippen molar-refractivity contribution in [1.29, 1.82) is 0 Å². The summed E-state index contributed by atoms with van der Waals surface area (Å²) in [5.74, 6) is 0.652. The average Bonchev–Trinajstić information content (AvgIpc) is 2.34. The summed E-state index contributed by atoms with van der Waals surface area (Å²) in [4.78, 5) is 0.291. The van der Waals surface area contributed by atoms with Crippen molar-refractivity contribution in [2.75, 3.05) is 26.7 Å². The summed E-state index contributed by atoms with van der Waals surface area (Å²) in [7, 11) is -1.89. The number of methoxy groups -OCH3 is 1. The summed E-state index contributed by atoms with van der Waals surface area (Å²) >= 11 is 0. The van der Waals surface area contributed by atoms with Gasteiger partial charge in [-0.1, -0.05) is 6.92 Å². The van der Waals surface area contributed by atoms with Gasteiger partial charge in [-0.25, -0.2) is 13.1 Å². The number of hydrogen-bond acceptors (Lipinski definition) is 4. The minimum atomic E-state index is -3.44. The summed E-state index contributed by atoms with van der Waals surface area (Å²) in [6.07, 6.45) is 0. The molecule has 1 aromatic rings. The van der Waals surface area contributed by atoms with Gasteiger partial charge in [0, 0.05) is 13.1 Å². The Kier molecular flexibility index (Phi) is 8.01. The number of rotatable bonds is 7. The normalized spacial score (nSPS) is 10.9. The average molecular weight is 309 g/mol. The van der Waals surface area contributed by atoms with E-state index in [1.165, 1.54) is 0 Å². The smallest absolute Gasteiger partial charge is 0.240 e. The van der Waals surface area contributed by atoms with E-state index in [1.807, 2.05) is 6.92 Å². The zero-order valence-electron chi connectivity index (χ0n) is 11.4. The second kappa shape index (κ2) is 8.37. The number of likely N-dealkylation sites (N-methyl/N-ethyl adjacent to an activating group) is 1. The highest BCUT2D eigenvalue weighted by atomic mass is 35.5. The first kappa shape index (κ1) is 18.2. The van der Waals surface area contributed by atoms with Crippen LogP contribution >= 0.6 is 12.4 Å². The zero-order chi connectivity index (χ0) is 13.6. The molecule has 0 bridgehead atoms. The predicted octanol–water partition coefficient (Wildman–Crippen LogP) is 1.31. The van der Waals surface area contributed by atoms with E-state index in [1.54, 1.807) is 32.2 Å². The van der Waals surface area contributed by atoms with E-state index in [0.29, 0.717) is 29.3 Å². The van der Waals surface area contributed by atoms with Crippen LogP contribution in [0.15, 0.2) is 23.1 Å². The second-order valence-corrected chi connectivity index (χ2v) is 5.62. The van der Waals surface area contributed by atoms with Crippen molar-refractivity contribution in [2.45, 2.75) is 18.7 Å². The number of halogens is 1. The molecule has 0 aromatic heterocycles. The largest absolute Gasteiger partial charge is 0.497 e. The summed E-state index contributed by atoms with van der Waals surface area (Å²) in [5, 5.41) is 3.06. The molecule has 0 unspecified atom stereocenters. The lowest BCUT2D eigenvalue weighted by Crippen LogP contribution is -2.32. The van der Waals surface area contributed by atoms with E-state index in [2.05, 4.69) is 10.0 Å². The fourth-order valence-corrected chi connectivity index (χ4v) is 2.83. The molecule has 5 nitrogen and oxygen atoms in total. The SMILES string of the molecule is CCNCCNS(=O)(=O)c1ccc(OC)cc1C.Cl. The molecule has 0 heterocycles. The van der Waals surface area contributed by atoms with Crippen molar-refractivity contribution in [1.82, 2.24) is 10.0 Å². The quantitative estimate of drug-likeness (QED) is 0.745. The molecule has 0 aliphatic rings. The minimum absolute atomic E-state index is 0. The fourth-order valence-electron chi connectivity index (χ4n) is 1.58. The number of benzene rings is 1. The highest BCUT2D eigenvalue weighted by Crippen LogP contribution is 2.20. The third-order valence-corrected chi connectivity index (χ3v) is 4.14. The van der Waals surface area contributed by atoms with Crippen LogP contribution in [-0.4, -0.2) is 35.2 Å². The lowest BCUT2D eigenvalue weighted by Gasteiger charge is -2.10.